The minimum atomic E-state index is -4.68. The van der Waals surface area contributed by atoms with E-state index in [1.807, 2.05) is 0 Å². The molecular formula is C14H19F3O2S. The fraction of sp³-hybridized carbons (Fsp3) is 0.571. The number of halogens is 3. The molecule has 6 heteroatoms. The second kappa shape index (κ2) is 6.72. The van der Waals surface area contributed by atoms with Crippen LogP contribution in [0.15, 0.2) is 24.3 Å². The van der Waals surface area contributed by atoms with Crippen molar-refractivity contribution in [1.29, 1.82) is 0 Å². The summed E-state index contributed by atoms with van der Waals surface area (Å²) in [6.07, 6.45) is -4.78. The SMILES string of the molecule is CC(C)(C)SCC(O)Cc1ccc(OC(F)(F)F)cc1. The molecule has 1 aromatic carbocycles. The summed E-state index contributed by atoms with van der Waals surface area (Å²) in [4.78, 5) is 0. The second-order valence-electron chi connectivity index (χ2n) is 5.47. The van der Waals surface area contributed by atoms with Gasteiger partial charge in [-0.25, -0.2) is 0 Å². The first-order valence-electron chi connectivity index (χ1n) is 6.22. The predicted molar refractivity (Wildman–Crippen MR) is 75.0 cm³/mol. The Kier molecular flexibility index (Phi) is 5.77. The van der Waals surface area contributed by atoms with Crippen LogP contribution >= 0.6 is 11.8 Å². The van der Waals surface area contributed by atoms with Crippen LogP contribution in [0, 0.1) is 0 Å². The van der Waals surface area contributed by atoms with Gasteiger partial charge in [-0.1, -0.05) is 32.9 Å². The quantitative estimate of drug-likeness (QED) is 0.891. The Morgan fingerprint density at radius 3 is 2.15 bits per heavy atom. The molecule has 114 valence electrons. The highest BCUT2D eigenvalue weighted by atomic mass is 32.2. The number of hydrogen-bond donors (Lipinski definition) is 1. The normalized spacial score (nSPS) is 14.2. The molecule has 1 aromatic rings. The number of thioether (sulfide) groups is 1. The predicted octanol–water partition coefficient (Wildman–Crippen LogP) is 4.02. The lowest BCUT2D eigenvalue weighted by Crippen LogP contribution is -2.19. The molecule has 0 heterocycles. The molecule has 0 amide bonds. The summed E-state index contributed by atoms with van der Waals surface area (Å²) in [7, 11) is 0. The van der Waals surface area contributed by atoms with Gasteiger partial charge < -0.3 is 9.84 Å². The van der Waals surface area contributed by atoms with Crippen LogP contribution in [0.1, 0.15) is 26.3 Å². The Balaban J connectivity index is 2.49. The largest absolute Gasteiger partial charge is 0.573 e. The summed E-state index contributed by atoms with van der Waals surface area (Å²) in [5.41, 5.74) is 0.779. The minimum Gasteiger partial charge on any atom is -0.406 e. The first-order chi connectivity index (χ1) is 9.05. The van der Waals surface area contributed by atoms with E-state index in [-0.39, 0.29) is 10.5 Å². The molecule has 1 N–H and O–H groups in total. The van der Waals surface area contributed by atoms with E-state index in [1.54, 1.807) is 11.8 Å². The second-order valence-corrected chi connectivity index (χ2v) is 7.32. The average molecular weight is 308 g/mol. The maximum Gasteiger partial charge on any atom is 0.573 e. The zero-order chi connectivity index (χ0) is 15.4. The molecule has 0 aliphatic rings. The van der Waals surface area contributed by atoms with Crippen molar-refractivity contribution in [2.24, 2.45) is 0 Å². The first-order valence-corrected chi connectivity index (χ1v) is 7.20. The van der Waals surface area contributed by atoms with Gasteiger partial charge in [-0.3, -0.25) is 0 Å². The molecule has 1 unspecified atom stereocenters. The summed E-state index contributed by atoms with van der Waals surface area (Å²) in [5.74, 6) is 0.337. The molecular weight excluding hydrogens is 289 g/mol. The Morgan fingerprint density at radius 2 is 1.70 bits per heavy atom. The average Bonchev–Trinajstić information content (AvgIpc) is 2.26. The van der Waals surface area contributed by atoms with Crippen LogP contribution in [0.5, 0.6) is 5.75 Å². The van der Waals surface area contributed by atoms with Crippen LogP contribution in [0.3, 0.4) is 0 Å². The first kappa shape index (κ1) is 17.2. The lowest BCUT2D eigenvalue weighted by molar-refractivity contribution is -0.274. The Hall–Kier alpha value is -0.880. The third kappa shape index (κ3) is 7.65. The van der Waals surface area contributed by atoms with Crippen molar-refractivity contribution >= 4 is 11.8 Å². The number of ether oxygens (including phenoxy) is 1. The highest BCUT2D eigenvalue weighted by molar-refractivity contribution is 8.00. The summed E-state index contributed by atoms with van der Waals surface area (Å²) in [5, 5.41) is 9.89. The number of aliphatic hydroxyl groups is 1. The van der Waals surface area contributed by atoms with Crippen molar-refractivity contribution < 1.29 is 23.0 Å². The monoisotopic (exact) mass is 308 g/mol. The van der Waals surface area contributed by atoms with E-state index in [9.17, 15) is 18.3 Å². The van der Waals surface area contributed by atoms with Gasteiger partial charge in [0.1, 0.15) is 5.75 Å². The molecule has 1 rings (SSSR count). The summed E-state index contributed by atoms with van der Waals surface area (Å²) < 4.78 is 39.9. The standard InChI is InChI=1S/C14H19F3O2S/c1-13(2,3)20-9-11(18)8-10-4-6-12(7-5-10)19-14(15,16)17/h4-7,11,18H,8-9H2,1-3H3. The van der Waals surface area contributed by atoms with Gasteiger partial charge >= 0.3 is 6.36 Å². The van der Waals surface area contributed by atoms with Crippen molar-refractivity contribution in [3.63, 3.8) is 0 Å². The fourth-order valence-electron chi connectivity index (χ4n) is 1.50. The Morgan fingerprint density at radius 1 is 1.15 bits per heavy atom. The Labute approximate surface area is 121 Å². The maximum atomic E-state index is 12.0. The molecule has 0 saturated heterocycles. The van der Waals surface area contributed by atoms with Gasteiger partial charge in [0.25, 0.3) is 0 Å². The lowest BCUT2D eigenvalue weighted by atomic mass is 10.1. The van der Waals surface area contributed by atoms with Gasteiger partial charge in [-0.05, 0) is 24.1 Å². The highest BCUT2D eigenvalue weighted by Crippen LogP contribution is 2.25. The van der Waals surface area contributed by atoms with Gasteiger partial charge in [0.15, 0.2) is 0 Å². The zero-order valence-corrected chi connectivity index (χ0v) is 12.5. The maximum absolute atomic E-state index is 12.0. The lowest BCUT2D eigenvalue weighted by Gasteiger charge is -2.20. The van der Waals surface area contributed by atoms with E-state index in [0.29, 0.717) is 12.2 Å². The third-order valence-electron chi connectivity index (χ3n) is 2.34. The number of aliphatic hydroxyl groups excluding tert-OH is 1. The number of benzene rings is 1. The molecule has 0 spiro atoms. The van der Waals surface area contributed by atoms with Crippen LogP contribution in [0.2, 0.25) is 0 Å². The summed E-state index contributed by atoms with van der Waals surface area (Å²) in [6, 6.07) is 5.58. The molecule has 2 nitrogen and oxygen atoms in total. The number of hydrogen-bond acceptors (Lipinski definition) is 3. The van der Waals surface area contributed by atoms with Gasteiger partial charge in [-0.2, -0.15) is 11.8 Å². The van der Waals surface area contributed by atoms with Crippen LogP contribution in [-0.2, 0) is 6.42 Å². The number of alkyl halides is 3. The van der Waals surface area contributed by atoms with E-state index in [4.69, 9.17) is 0 Å². The summed E-state index contributed by atoms with van der Waals surface area (Å²) in [6.45, 7) is 6.19. The van der Waals surface area contributed by atoms with Crippen molar-refractivity contribution in [1.82, 2.24) is 0 Å². The van der Waals surface area contributed by atoms with Crippen molar-refractivity contribution in [2.75, 3.05) is 5.75 Å². The van der Waals surface area contributed by atoms with Crippen molar-refractivity contribution in [2.45, 2.75) is 44.4 Å². The van der Waals surface area contributed by atoms with E-state index >= 15 is 0 Å². The molecule has 0 aromatic heterocycles. The molecule has 0 radical (unpaired) electrons. The third-order valence-corrected chi connectivity index (χ3v) is 3.75. The van der Waals surface area contributed by atoms with E-state index in [0.717, 1.165) is 5.56 Å². The molecule has 1 atom stereocenters. The van der Waals surface area contributed by atoms with Gasteiger partial charge in [-0.15, -0.1) is 13.2 Å². The van der Waals surface area contributed by atoms with Crippen molar-refractivity contribution in [3.05, 3.63) is 29.8 Å². The van der Waals surface area contributed by atoms with Gasteiger partial charge in [0.05, 0.1) is 6.10 Å². The molecule has 0 bridgehead atoms. The van der Waals surface area contributed by atoms with Crippen LogP contribution in [0.25, 0.3) is 0 Å². The van der Waals surface area contributed by atoms with Crippen LogP contribution < -0.4 is 4.74 Å². The van der Waals surface area contributed by atoms with E-state index < -0.39 is 12.5 Å². The molecule has 0 aliphatic carbocycles. The zero-order valence-electron chi connectivity index (χ0n) is 11.7. The topological polar surface area (TPSA) is 29.5 Å². The van der Waals surface area contributed by atoms with Crippen LogP contribution in [0.4, 0.5) is 13.2 Å². The van der Waals surface area contributed by atoms with Gasteiger partial charge in [0, 0.05) is 10.5 Å². The summed E-state index contributed by atoms with van der Waals surface area (Å²) >= 11 is 1.65. The molecule has 0 saturated carbocycles. The van der Waals surface area contributed by atoms with Crippen molar-refractivity contribution in [3.8, 4) is 5.75 Å². The smallest absolute Gasteiger partial charge is 0.406 e. The molecule has 0 aliphatic heterocycles. The number of rotatable bonds is 5. The van der Waals surface area contributed by atoms with Crippen LogP contribution in [-0.4, -0.2) is 28.1 Å². The molecule has 0 fully saturated rings. The van der Waals surface area contributed by atoms with E-state index in [1.165, 1.54) is 24.3 Å². The minimum absolute atomic E-state index is 0.0748. The highest BCUT2D eigenvalue weighted by Gasteiger charge is 2.30. The molecule has 20 heavy (non-hydrogen) atoms. The Bertz CT molecular complexity index is 410. The fourth-order valence-corrected chi connectivity index (χ4v) is 2.31. The van der Waals surface area contributed by atoms with E-state index in [2.05, 4.69) is 25.5 Å². The van der Waals surface area contributed by atoms with Gasteiger partial charge in [0.2, 0.25) is 0 Å².